The van der Waals surface area contributed by atoms with E-state index in [-0.39, 0.29) is 18.4 Å². The minimum Gasteiger partial charge on any atom is -0.326 e. The molecule has 0 spiro atoms. The lowest BCUT2D eigenvalue weighted by Crippen LogP contribution is -2.33. The van der Waals surface area contributed by atoms with Gasteiger partial charge >= 0.3 is 0 Å². The Morgan fingerprint density at radius 1 is 1.25 bits per heavy atom. The molecule has 2 amide bonds. The predicted molar refractivity (Wildman–Crippen MR) is 81.9 cm³/mol. The largest absolute Gasteiger partial charge is 0.326 e. The number of hydrogen-bond acceptors (Lipinski definition) is 3. The van der Waals surface area contributed by atoms with Gasteiger partial charge in [0.05, 0.1) is 6.54 Å². The van der Waals surface area contributed by atoms with Gasteiger partial charge in [0, 0.05) is 24.3 Å². The summed E-state index contributed by atoms with van der Waals surface area (Å²) in [6.07, 6.45) is 0.977. The zero-order chi connectivity index (χ0) is 15.1. The Labute approximate surface area is 120 Å². The first-order valence-electron chi connectivity index (χ1n) is 6.83. The van der Waals surface area contributed by atoms with Crippen molar-refractivity contribution < 1.29 is 9.59 Å². The molecule has 1 atom stereocenters. The van der Waals surface area contributed by atoms with Gasteiger partial charge in [-0.25, -0.2) is 0 Å². The van der Waals surface area contributed by atoms with E-state index in [4.69, 9.17) is 0 Å². The topological polar surface area (TPSA) is 70.2 Å². The summed E-state index contributed by atoms with van der Waals surface area (Å²) in [7, 11) is 0. The number of carbonyl (C=O) groups is 2. The summed E-state index contributed by atoms with van der Waals surface area (Å²) in [4.78, 5) is 22.9. The Kier molecular flexibility index (Phi) is 6.18. The summed E-state index contributed by atoms with van der Waals surface area (Å²) in [5.74, 6) is -0.224. The molecular weight excluding hydrogens is 254 g/mol. The molecule has 0 aromatic heterocycles. The number of anilines is 2. The number of carbonyl (C=O) groups excluding carboxylic acids is 2. The van der Waals surface area contributed by atoms with Crippen LogP contribution in [-0.4, -0.2) is 24.4 Å². The maximum atomic E-state index is 11.8. The summed E-state index contributed by atoms with van der Waals surface area (Å²) >= 11 is 0. The number of amides is 2. The van der Waals surface area contributed by atoms with Crippen LogP contribution < -0.4 is 16.0 Å². The summed E-state index contributed by atoms with van der Waals surface area (Å²) < 4.78 is 0. The molecule has 0 heterocycles. The fourth-order valence-electron chi connectivity index (χ4n) is 1.64. The van der Waals surface area contributed by atoms with Crippen LogP contribution in [0.15, 0.2) is 18.2 Å². The van der Waals surface area contributed by atoms with Gasteiger partial charge in [-0.05, 0) is 38.0 Å². The molecule has 5 nitrogen and oxygen atoms in total. The molecule has 5 heteroatoms. The van der Waals surface area contributed by atoms with Crippen molar-refractivity contribution >= 4 is 23.2 Å². The highest BCUT2D eigenvalue weighted by Gasteiger charge is 2.07. The highest BCUT2D eigenvalue weighted by Crippen LogP contribution is 2.20. The highest BCUT2D eigenvalue weighted by atomic mass is 16.2. The van der Waals surface area contributed by atoms with E-state index in [1.807, 2.05) is 26.0 Å². The van der Waals surface area contributed by atoms with Crippen LogP contribution in [0, 0.1) is 6.92 Å². The van der Waals surface area contributed by atoms with Crippen molar-refractivity contribution in [3.05, 3.63) is 23.8 Å². The van der Waals surface area contributed by atoms with Crippen molar-refractivity contribution in [2.75, 3.05) is 17.2 Å². The van der Waals surface area contributed by atoms with Crippen molar-refractivity contribution in [1.82, 2.24) is 5.32 Å². The van der Waals surface area contributed by atoms with E-state index < -0.39 is 0 Å². The summed E-state index contributed by atoms with van der Waals surface area (Å²) in [6, 6.07) is 5.76. The van der Waals surface area contributed by atoms with Gasteiger partial charge in [-0.1, -0.05) is 13.0 Å². The number of nitrogens with one attached hydrogen (secondary N) is 3. The quantitative estimate of drug-likeness (QED) is 0.747. The van der Waals surface area contributed by atoms with Gasteiger partial charge < -0.3 is 16.0 Å². The Morgan fingerprint density at radius 2 is 1.95 bits per heavy atom. The monoisotopic (exact) mass is 277 g/mol. The Balaban J connectivity index is 2.63. The van der Waals surface area contributed by atoms with Crippen molar-refractivity contribution in [3.8, 4) is 0 Å². The van der Waals surface area contributed by atoms with Gasteiger partial charge in [-0.2, -0.15) is 0 Å². The number of hydrogen-bond donors (Lipinski definition) is 3. The Bertz CT molecular complexity index is 486. The van der Waals surface area contributed by atoms with Gasteiger partial charge in [0.1, 0.15) is 0 Å². The zero-order valence-electron chi connectivity index (χ0n) is 12.5. The van der Waals surface area contributed by atoms with Crippen molar-refractivity contribution in [2.24, 2.45) is 0 Å². The predicted octanol–water partition coefficient (Wildman–Crippen LogP) is 2.28. The molecular formula is C15H23N3O2. The smallest absolute Gasteiger partial charge is 0.238 e. The molecule has 0 bridgehead atoms. The maximum Gasteiger partial charge on any atom is 0.238 e. The SMILES string of the molecule is CCC(C)NCC(=O)Nc1ccc(C)c(NC(C)=O)c1. The molecule has 0 saturated carbocycles. The average Bonchev–Trinajstić information content (AvgIpc) is 2.39. The van der Waals surface area contributed by atoms with Gasteiger partial charge in [-0.15, -0.1) is 0 Å². The third kappa shape index (κ3) is 5.40. The number of rotatable bonds is 6. The van der Waals surface area contributed by atoms with Crippen LogP contribution in [0.1, 0.15) is 32.8 Å². The van der Waals surface area contributed by atoms with Gasteiger partial charge in [0.25, 0.3) is 0 Å². The molecule has 110 valence electrons. The molecule has 0 aliphatic rings. The molecule has 1 rings (SSSR count). The fourth-order valence-corrected chi connectivity index (χ4v) is 1.64. The summed E-state index contributed by atoms with van der Waals surface area (Å²) in [5, 5.41) is 8.68. The van der Waals surface area contributed by atoms with Crippen LogP contribution in [0.25, 0.3) is 0 Å². The first kappa shape index (κ1) is 16.2. The van der Waals surface area contributed by atoms with Gasteiger partial charge in [-0.3, -0.25) is 9.59 Å². The fraction of sp³-hybridized carbons (Fsp3) is 0.467. The zero-order valence-corrected chi connectivity index (χ0v) is 12.5. The Hall–Kier alpha value is -1.88. The molecule has 20 heavy (non-hydrogen) atoms. The van der Waals surface area contributed by atoms with Crippen molar-refractivity contribution in [2.45, 2.75) is 40.2 Å². The molecule has 0 radical (unpaired) electrons. The highest BCUT2D eigenvalue weighted by molar-refractivity contribution is 5.94. The Morgan fingerprint density at radius 3 is 2.55 bits per heavy atom. The van der Waals surface area contributed by atoms with Gasteiger partial charge in [0.2, 0.25) is 11.8 Å². The first-order valence-corrected chi connectivity index (χ1v) is 6.83. The average molecular weight is 277 g/mol. The molecule has 0 aliphatic carbocycles. The third-order valence-electron chi connectivity index (χ3n) is 3.06. The molecule has 3 N–H and O–H groups in total. The molecule has 1 aromatic rings. The standard InChI is InChI=1S/C15H23N3O2/c1-5-11(3)16-9-15(20)18-13-7-6-10(2)14(8-13)17-12(4)19/h6-8,11,16H,5,9H2,1-4H3,(H,17,19)(H,18,20). The van der Waals surface area contributed by atoms with Crippen LogP contribution >= 0.6 is 0 Å². The maximum absolute atomic E-state index is 11.8. The van der Waals surface area contributed by atoms with E-state index >= 15 is 0 Å². The molecule has 0 fully saturated rings. The van der Waals surface area contributed by atoms with Crippen LogP contribution in [0.4, 0.5) is 11.4 Å². The van der Waals surface area contributed by atoms with Crippen LogP contribution in [0.5, 0.6) is 0 Å². The second-order valence-electron chi connectivity index (χ2n) is 4.95. The van der Waals surface area contributed by atoms with Crippen LogP contribution in [0.2, 0.25) is 0 Å². The van der Waals surface area contributed by atoms with Crippen molar-refractivity contribution in [3.63, 3.8) is 0 Å². The van der Waals surface area contributed by atoms with E-state index in [1.54, 1.807) is 6.07 Å². The minimum atomic E-state index is -0.130. The molecule has 1 aromatic carbocycles. The molecule has 1 unspecified atom stereocenters. The number of aryl methyl sites for hydroxylation is 1. The lowest BCUT2D eigenvalue weighted by Gasteiger charge is -2.13. The van der Waals surface area contributed by atoms with E-state index in [0.717, 1.165) is 12.0 Å². The van der Waals surface area contributed by atoms with E-state index in [9.17, 15) is 9.59 Å². The number of benzene rings is 1. The lowest BCUT2D eigenvalue weighted by molar-refractivity contribution is -0.115. The second-order valence-corrected chi connectivity index (χ2v) is 4.95. The lowest BCUT2D eigenvalue weighted by atomic mass is 10.1. The van der Waals surface area contributed by atoms with E-state index in [0.29, 0.717) is 17.4 Å². The summed E-state index contributed by atoms with van der Waals surface area (Å²) in [5.41, 5.74) is 2.34. The third-order valence-corrected chi connectivity index (χ3v) is 3.06. The van der Waals surface area contributed by atoms with E-state index in [2.05, 4.69) is 22.9 Å². The van der Waals surface area contributed by atoms with Crippen LogP contribution in [-0.2, 0) is 9.59 Å². The minimum absolute atomic E-state index is 0.0945. The molecule has 0 saturated heterocycles. The summed E-state index contributed by atoms with van der Waals surface area (Å²) in [6.45, 7) is 7.74. The second kappa shape index (κ2) is 7.65. The first-order chi connectivity index (χ1) is 9.42. The molecule has 0 aliphatic heterocycles. The van der Waals surface area contributed by atoms with Crippen LogP contribution in [0.3, 0.4) is 0 Å². The van der Waals surface area contributed by atoms with Crippen molar-refractivity contribution in [1.29, 1.82) is 0 Å². The van der Waals surface area contributed by atoms with Gasteiger partial charge in [0.15, 0.2) is 0 Å². The normalized spacial score (nSPS) is 11.8. The van der Waals surface area contributed by atoms with E-state index in [1.165, 1.54) is 6.92 Å².